The summed E-state index contributed by atoms with van der Waals surface area (Å²) < 4.78 is 160. The predicted octanol–water partition coefficient (Wildman–Crippen LogP) is 24.2. The summed E-state index contributed by atoms with van der Waals surface area (Å²) in [5.41, 5.74) is 3.27. The summed E-state index contributed by atoms with van der Waals surface area (Å²) in [7, 11) is 0. The number of alkyl halides is 2. The second-order valence-corrected chi connectivity index (χ2v) is 45.2. The highest BCUT2D eigenvalue weighted by Gasteiger charge is 2.48. The molecule has 21 nitrogen and oxygen atoms in total. The van der Waals surface area contributed by atoms with Crippen LogP contribution in [0.5, 0.6) is 0 Å². The van der Waals surface area contributed by atoms with Crippen molar-refractivity contribution in [2.75, 3.05) is 65.7 Å². The number of thiazole rings is 1. The molecule has 14 atom stereocenters. The topological polar surface area (TPSA) is 277 Å². The number of amides is 4. The molecule has 808 valence electrons. The molecule has 150 heavy (non-hydrogen) atoms. The fourth-order valence-electron chi connectivity index (χ4n) is 19.1. The molecule has 4 aromatic heterocycles. The summed E-state index contributed by atoms with van der Waals surface area (Å²) >= 11 is 1.26. The minimum atomic E-state index is -1.30. The van der Waals surface area contributed by atoms with E-state index in [0.717, 1.165) is 126 Å². The quantitative estimate of drug-likeness (QED) is 0.0199. The smallest absolute Gasteiger partial charge is 0.251 e. The van der Waals surface area contributed by atoms with Crippen LogP contribution >= 0.6 is 11.3 Å². The van der Waals surface area contributed by atoms with Crippen molar-refractivity contribution in [1.82, 2.24) is 50.2 Å². The van der Waals surface area contributed by atoms with E-state index in [1.807, 2.05) is 204 Å². The molecule has 32 heteroatoms. The first-order chi connectivity index (χ1) is 70.7. The number of carbonyl (C=O) groups is 4. The van der Waals surface area contributed by atoms with E-state index < -0.39 is 154 Å². The maximum Gasteiger partial charge on any atom is 0.251 e. The lowest BCUT2D eigenvalue weighted by Crippen LogP contribution is -2.48. The lowest BCUT2D eigenvalue weighted by atomic mass is 9.81. The van der Waals surface area contributed by atoms with E-state index in [0.29, 0.717) is 109 Å². The van der Waals surface area contributed by atoms with Gasteiger partial charge in [-0.1, -0.05) is 232 Å². The highest BCUT2D eigenvalue weighted by atomic mass is 32.1. The van der Waals surface area contributed by atoms with Gasteiger partial charge >= 0.3 is 0 Å². The summed E-state index contributed by atoms with van der Waals surface area (Å²) in [6.07, 6.45) is -2.72. The highest BCUT2D eigenvalue weighted by Crippen LogP contribution is 2.50. The Morgan fingerprint density at radius 1 is 0.360 bits per heavy atom. The first kappa shape index (κ1) is 118. The number of aliphatic hydroxyl groups is 4. The van der Waals surface area contributed by atoms with Gasteiger partial charge in [0.05, 0.1) is 59.9 Å². The minimum Gasteiger partial charge on any atom is -0.440 e. The Bertz CT molecular complexity index is 6040. The second kappa shape index (κ2) is 52.3. The molecule has 2 fully saturated rings. The molecular formula is C118H144F10N10O11S. The van der Waals surface area contributed by atoms with Crippen molar-refractivity contribution in [2.24, 2.45) is 57.2 Å². The molecule has 8 aromatic carbocycles. The fraction of sp³-hybridized carbons (Fsp3) is 0.458. The Balaban J connectivity index is 0.000000190. The number of nitrogens with one attached hydrogen (secondary N) is 2. The van der Waals surface area contributed by atoms with Crippen LogP contribution in [0.1, 0.15) is 243 Å². The van der Waals surface area contributed by atoms with Gasteiger partial charge in [0, 0.05) is 62.3 Å². The van der Waals surface area contributed by atoms with E-state index in [1.54, 1.807) is 28.5 Å². The zero-order valence-corrected chi connectivity index (χ0v) is 90.1. The number of benzene rings is 8. The lowest BCUT2D eigenvalue weighted by molar-refractivity contribution is -0.146. The van der Waals surface area contributed by atoms with Gasteiger partial charge in [0.2, 0.25) is 17.7 Å². The standard InChI is InChI=1S/2C30H37F2N3O3.C29H35F3N2O3.C29H35F3N2O2S/c2*1-18-15-33-16-21(18)17-35(29(37)19(2)36)27(30(3,4)5)26-25(13-20-9-7-6-8-10-20)38-28(34-26)23-14-22(31)11-12-24(23)32;2*1-18(17-30)13-14-34(28(36)19(2)35)26(29(3,4)5)25-24(15-20-9-7-6-8-10-20)37-27(33-25)22-16-21(31)11-12-23(22)32/h2*6-12,14,18-19,21,27,33,36H,13,15-17H2,1-5H3;2*6-12,16,18-19,26,35H,13-15,17H2,1-5H3/t18-,19-,21?,27+;18-,19-,21?,27-;2*18-,19-,26+/m0000/s1. The third-order valence-corrected chi connectivity index (χ3v) is 28.1. The molecule has 0 saturated carbocycles. The van der Waals surface area contributed by atoms with Gasteiger partial charge in [-0.3, -0.25) is 28.0 Å². The molecule has 2 unspecified atom stereocenters. The molecule has 2 saturated heterocycles. The Hall–Kier alpha value is -12.0. The van der Waals surface area contributed by atoms with Crippen LogP contribution in [0.3, 0.4) is 0 Å². The normalized spacial score (nSPS) is 16.9. The number of oxazole rings is 3. The SMILES string of the molecule is C[C@H](CF)CCN(C(=O)[C@H](C)O)[C@H](c1nc(-c2cc(F)ccc2F)oc1Cc1ccccc1)C(C)(C)C.C[C@H](CF)CCN(C(=O)[C@H](C)O)[C@H](c1nc(-c2cc(F)ccc2F)sc1Cc1ccccc1)C(C)(C)C.C[C@H](O)C(=O)N(CC1CNC[C@@H]1C)[C@@H](c1nc(-c2cc(F)ccc2F)oc1Cc1ccccc1)C(C)(C)C.C[C@H](O)C(=O)N(CC1CNC[C@@H]1C)[C@H](c1nc(-c2cc(F)ccc2F)oc1Cc1ccccc1)C(C)(C)C. The van der Waals surface area contributed by atoms with Gasteiger partial charge in [0.25, 0.3) is 23.6 Å². The fourth-order valence-corrected chi connectivity index (χ4v) is 20.2. The molecule has 6 heterocycles. The van der Waals surface area contributed by atoms with Gasteiger partial charge in [-0.25, -0.2) is 55.1 Å². The first-order valence-corrected chi connectivity index (χ1v) is 52.0. The molecule has 0 spiro atoms. The maximum atomic E-state index is 14.8. The van der Waals surface area contributed by atoms with Crippen LogP contribution in [0.4, 0.5) is 43.9 Å². The van der Waals surface area contributed by atoms with Crippen molar-refractivity contribution in [1.29, 1.82) is 0 Å². The van der Waals surface area contributed by atoms with Crippen LogP contribution in [-0.2, 0) is 44.9 Å². The van der Waals surface area contributed by atoms with Gasteiger partial charge in [-0.2, -0.15) is 0 Å². The van der Waals surface area contributed by atoms with Crippen molar-refractivity contribution in [3.8, 4) is 44.9 Å². The number of rotatable bonds is 36. The maximum absolute atomic E-state index is 14.8. The largest absolute Gasteiger partial charge is 0.440 e. The van der Waals surface area contributed by atoms with Crippen LogP contribution in [-0.4, -0.2) is 174 Å². The lowest BCUT2D eigenvalue weighted by Gasteiger charge is -2.41. The summed E-state index contributed by atoms with van der Waals surface area (Å²) in [6.45, 7) is 40.6. The average molecular weight is 2100 g/mol. The van der Waals surface area contributed by atoms with Crippen LogP contribution in [0, 0.1) is 104 Å². The average Bonchev–Trinajstić information content (AvgIpc) is 1.22. The predicted molar refractivity (Wildman–Crippen MR) is 563 cm³/mol. The van der Waals surface area contributed by atoms with Crippen molar-refractivity contribution in [3.63, 3.8) is 0 Å². The van der Waals surface area contributed by atoms with E-state index in [9.17, 15) is 83.5 Å². The minimum absolute atomic E-state index is 0.0440. The molecule has 0 radical (unpaired) electrons. The summed E-state index contributed by atoms with van der Waals surface area (Å²) in [5.74, 6) is -5.18. The number of hydrogen-bond acceptors (Lipinski definition) is 18. The van der Waals surface area contributed by atoms with E-state index in [4.69, 9.17) is 28.2 Å². The third-order valence-electron chi connectivity index (χ3n) is 27.0. The van der Waals surface area contributed by atoms with Gasteiger partial charge < -0.3 is 63.9 Å². The summed E-state index contributed by atoms with van der Waals surface area (Å²) in [5, 5.41) is 48.4. The molecule has 4 amide bonds. The van der Waals surface area contributed by atoms with Crippen LogP contribution in [0.25, 0.3) is 44.9 Å². The number of hydrogen-bond donors (Lipinski definition) is 6. The van der Waals surface area contributed by atoms with E-state index in [-0.39, 0.29) is 76.7 Å². The molecule has 0 bridgehead atoms. The highest BCUT2D eigenvalue weighted by molar-refractivity contribution is 7.15. The van der Waals surface area contributed by atoms with E-state index >= 15 is 0 Å². The molecule has 2 aliphatic heterocycles. The second-order valence-electron chi connectivity index (χ2n) is 44.2. The number of halogens is 10. The van der Waals surface area contributed by atoms with Crippen molar-refractivity contribution >= 4 is 35.0 Å². The van der Waals surface area contributed by atoms with Crippen LogP contribution in [0.2, 0.25) is 0 Å². The van der Waals surface area contributed by atoms with E-state index in [1.165, 1.54) is 43.9 Å². The van der Waals surface area contributed by atoms with Crippen LogP contribution in [0.15, 0.2) is 207 Å². The zero-order valence-electron chi connectivity index (χ0n) is 89.3. The number of carbonyl (C=O) groups excluding carboxylic acids is 4. The van der Waals surface area contributed by atoms with Crippen molar-refractivity contribution in [2.45, 2.75) is 226 Å². The molecule has 12 aromatic rings. The number of nitrogens with zero attached hydrogens (tertiary/aromatic N) is 8. The summed E-state index contributed by atoms with van der Waals surface area (Å²) in [4.78, 5) is 79.9. The van der Waals surface area contributed by atoms with Crippen LogP contribution < -0.4 is 10.6 Å². The molecule has 6 N–H and O–H groups in total. The Morgan fingerprint density at radius 2 is 0.620 bits per heavy atom. The van der Waals surface area contributed by atoms with Gasteiger partial charge in [0.1, 0.15) is 110 Å². The monoisotopic (exact) mass is 2100 g/mol. The molecule has 0 aliphatic carbocycles. The van der Waals surface area contributed by atoms with Gasteiger partial charge in [0.15, 0.2) is 0 Å². The zero-order chi connectivity index (χ0) is 110. The van der Waals surface area contributed by atoms with Gasteiger partial charge in [-0.05, 0) is 219 Å². The Labute approximate surface area is 878 Å². The van der Waals surface area contributed by atoms with Crippen molar-refractivity contribution in [3.05, 3.63) is 308 Å². The Morgan fingerprint density at radius 3 is 0.887 bits per heavy atom. The molecule has 2 aliphatic rings. The van der Waals surface area contributed by atoms with E-state index in [2.05, 4.69) is 29.5 Å². The number of aromatic nitrogens is 4. The van der Waals surface area contributed by atoms with Crippen molar-refractivity contribution < 1.29 is 96.8 Å². The Kier molecular flexibility index (Phi) is 41.2. The van der Waals surface area contributed by atoms with Gasteiger partial charge in [-0.15, -0.1) is 11.3 Å². The third kappa shape index (κ3) is 31.1. The molecule has 14 rings (SSSR count). The first-order valence-electron chi connectivity index (χ1n) is 51.2. The molecular weight excluding hydrogens is 1960 g/mol. The summed E-state index contributed by atoms with van der Waals surface area (Å²) in [6, 6.07) is 48.6. The number of aliphatic hydroxyl groups excluding tert-OH is 4.